The van der Waals surface area contributed by atoms with E-state index >= 15 is 4.39 Å². The van der Waals surface area contributed by atoms with Crippen molar-refractivity contribution >= 4 is 39.8 Å². The highest BCUT2D eigenvalue weighted by Crippen LogP contribution is 2.27. The first kappa shape index (κ1) is 27.7. The number of aromatic nitrogens is 3. The third-order valence-corrected chi connectivity index (χ3v) is 5.51. The second kappa shape index (κ2) is 14.0. The molecular formula is C25H26ClFN4O3S. The fourth-order valence-corrected chi connectivity index (χ4v) is 3.19. The van der Waals surface area contributed by atoms with Crippen LogP contribution in [0, 0.1) is 0 Å². The SMILES string of the molecule is C=C/C=C\C(OC)=C(/F)c1cccnc1C(=O)Nc1nnc(OCC(/C=C\C(Cl)=C/C)=C(C)C)s1. The van der Waals surface area contributed by atoms with Crippen LogP contribution in [0.3, 0.4) is 0 Å². The molecule has 0 unspecified atom stereocenters. The molecule has 1 amide bonds. The predicted octanol–water partition coefficient (Wildman–Crippen LogP) is 6.63. The molecule has 0 bridgehead atoms. The van der Waals surface area contributed by atoms with E-state index in [1.165, 1.54) is 43.7 Å². The number of nitrogens with zero attached hydrogens (tertiary/aromatic N) is 3. The van der Waals surface area contributed by atoms with Crippen LogP contribution in [-0.2, 0) is 4.74 Å². The third kappa shape index (κ3) is 8.31. The summed E-state index contributed by atoms with van der Waals surface area (Å²) in [7, 11) is 1.33. The summed E-state index contributed by atoms with van der Waals surface area (Å²) in [6.07, 6.45) is 11.2. The first-order valence-electron chi connectivity index (χ1n) is 10.4. The van der Waals surface area contributed by atoms with Crippen molar-refractivity contribution in [3.05, 3.63) is 94.6 Å². The maximum atomic E-state index is 15.0. The molecule has 0 aliphatic carbocycles. The second-order valence-corrected chi connectivity index (χ2v) is 8.40. The van der Waals surface area contributed by atoms with Crippen LogP contribution in [0.1, 0.15) is 36.8 Å². The summed E-state index contributed by atoms with van der Waals surface area (Å²) in [5, 5.41) is 11.5. The van der Waals surface area contributed by atoms with E-state index < -0.39 is 11.7 Å². The smallest absolute Gasteiger partial charge is 0.296 e. The Hall–Kier alpha value is -3.56. The summed E-state index contributed by atoms with van der Waals surface area (Å²) < 4.78 is 25.8. The average molecular weight is 517 g/mol. The van der Waals surface area contributed by atoms with Crippen LogP contribution in [0.4, 0.5) is 9.52 Å². The number of carbonyl (C=O) groups excluding carboxylic acids is 1. The molecule has 0 aliphatic rings. The Balaban J connectivity index is 2.17. The van der Waals surface area contributed by atoms with Crippen LogP contribution in [0.15, 0.2) is 83.3 Å². The summed E-state index contributed by atoms with van der Waals surface area (Å²) >= 11 is 7.05. The van der Waals surface area contributed by atoms with Gasteiger partial charge in [0.15, 0.2) is 11.6 Å². The van der Waals surface area contributed by atoms with Gasteiger partial charge in [0.1, 0.15) is 12.3 Å². The minimum absolute atomic E-state index is 0.0312. The lowest BCUT2D eigenvalue weighted by molar-refractivity contribution is 0.102. The van der Waals surface area contributed by atoms with Crippen molar-refractivity contribution in [3.8, 4) is 5.19 Å². The van der Waals surface area contributed by atoms with E-state index in [9.17, 15) is 4.79 Å². The number of anilines is 1. The van der Waals surface area contributed by atoms with Gasteiger partial charge in [-0.05, 0) is 62.0 Å². The molecule has 1 N–H and O–H groups in total. The molecule has 0 fully saturated rings. The summed E-state index contributed by atoms with van der Waals surface area (Å²) in [4.78, 5) is 16.9. The van der Waals surface area contributed by atoms with E-state index in [1.54, 1.807) is 12.2 Å². The topological polar surface area (TPSA) is 86.2 Å². The fourth-order valence-electron chi connectivity index (χ4n) is 2.53. The maximum Gasteiger partial charge on any atom is 0.296 e. The van der Waals surface area contributed by atoms with Crippen LogP contribution < -0.4 is 10.1 Å². The van der Waals surface area contributed by atoms with Gasteiger partial charge in [-0.25, -0.2) is 4.39 Å². The number of nitrogens with one attached hydrogen (secondary N) is 1. The molecule has 10 heteroatoms. The lowest BCUT2D eigenvalue weighted by Gasteiger charge is -2.08. The largest absolute Gasteiger partial charge is 0.494 e. The minimum Gasteiger partial charge on any atom is -0.494 e. The fraction of sp³-hybridized carbons (Fsp3) is 0.200. The zero-order chi connectivity index (χ0) is 25.8. The summed E-state index contributed by atoms with van der Waals surface area (Å²) in [6.45, 7) is 9.55. The van der Waals surface area contributed by atoms with E-state index in [4.69, 9.17) is 21.1 Å². The van der Waals surface area contributed by atoms with Crippen molar-refractivity contribution in [2.45, 2.75) is 20.8 Å². The Morgan fingerprint density at radius 2 is 2.06 bits per heavy atom. The van der Waals surface area contributed by atoms with Gasteiger partial charge in [0.05, 0.1) is 7.11 Å². The molecule has 0 spiro atoms. The number of hydrogen-bond donors (Lipinski definition) is 1. The molecule has 2 aromatic rings. The molecule has 2 rings (SSSR count). The number of pyridine rings is 1. The zero-order valence-corrected chi connectivity index (χ0v) is 21.4. The van der Waals surface area contributed by atoms with E-state index in [-0.39, 0.29) is 33.9 Å². The standard InChI is InChI=1S/C25H26ClFN4O3S/c1-6-8-11-20(33-5)21(27)19-10-9-14-28-22(19)23(32)29-24-30-31-25(35-24)34-15-17(16(3)4)12-13-18(26)7-2/h6-14H,1,15H2,2-5H3,(H,29,30,32)/b11-8-,13-12-,18-7+,21-20+. The lowest BCUT2D eigenvalue weighted by atomic mass is 10.1. The van der Waals surface area contributed by atoms with Gasteiger partial charge in [-0.15, -0.1) is 5.10 Å². The molecule has 0 aliphatic heterocycles. The molecule has 184 valence electrons. The van der Waals surface area contributed by atoms with Crippen LogP contribution in [0.25, 0.3) is 5.83 Å². The van der Waals surface area contributed by atoms with Crippen LogP contribution >= 0.6 is 22.9 Å². The van der Waals surface area contributed by atoms with Gasteiger partial charge in [0.2, 0.25) is 5.13 Å². The highest BCUT2D eigenvalue weighted by Gasteiger charge is 2.20. The molecule has 2 heterocycles. The number of amides is 1. The highest BCUT2D eigenvalue weighted by atomic mass is 35.5. The zero-order valence-electron chi connectivity index (χ0n) is 19.8. The first-order chi connectivity index (χ1) is 16.8. The molecular weight excluding hydrogens is 491 g/mol. The van der Waals surface area contributed by atoms with Crippen molar-refractivity contribution in [2.24, 2.45) is 0 Å². The normalized spacial score (nSPS) is 12.5. The number of allylic oxidation sites excluding steroid dienone is 7. The van der Waals surface area contributed by atoms with Crippen LogP contribution in [0.5, 0.6) is 5.19 Å². The van der Waals surface area contributed by atoms with Gasteiger partial charge in [0, 0.05) is 16.8 Å². The summed E-state index contributed by atoms with van der Waals surface area (Å²) in [5.41, 5.74) is 1.81. The molecule has 0 saturated carbocycles. The maximum absolute atomic E-state index is 15.0. The first-order valence-corrected chi connectivity index (χ1v) is 11.6. The van der Waals surface area contributed by atoms with Gasteiger partial charge >= 0.3 is 0 Å². The van der Waals surface area contributed by atoms with Gasteiger partial charge in [-0.3, -0.25) is 15.1 Å². The molecule has 0 radical (unpaired) electrons. The molecule has 7 nitrogen and oxygen atoms in total. The number of rotatable bonds is 11. The Morgan fingerprint density at radius 3 is 2.71 bits per heavy atom. The van der Waals surface area contributed by atoms with E-state index in [0.29, 0.717) is 5.03 Å². The van der Waals surface area contributed by atoms with Crippen molar-refractivity contribution in [3.63, 3.8) is 0 Å². The van der Waals surface area contributed by atoms with Gasteiger partial charge < -0.3 is 9.47 Å². The number of carbonyl (C=O) groups is 1. The van der Waals surface area contributed by atoms with Gasteiger partial charge in [-0.1, -0.05) is 53.2 Å². The monoisotopic (exact) mass is 516 g/mol. The Bertz CT molecular complexity index is 1210. The third-order valence-electron chi connectivity index (χ3n) is 4.42. The van der Waals surface area contributed by atoms with E-state index in [1.807, 2.05) is 26.8 Å². The number of methoxy groups -OCH3 is 1. The van der Waals surface area contributed by atoms with Gasteiger partial charge in [0.25, 0.3) is 11.1 Å². The average Bonchev–Trinajstić information content (AvgIpc) is 3.30. The van der Waals surface area contributed by atoms with Crippen molar-refractivity contribution in [1.82, 2.24) is 15.2 Å². The Morgan fingerprint density at radius 1 is 1.29 bits per heavy atom. The van der Waals surface area contributed by atoms with Gasteiger partial charge in [-0.2, -0.15) is 0 Å². The van der Waals surface area contributed by atoms with Crippen LogP contribution in [0.2, 0.25) is 0 Å². The summed E-state index contributed by atoms with van der Waals surface area (Å²) in [6, 6.07) is 2.95. The molecule has 0 aromatic carbocycles. The Kier molecular flexibility index (Phi) is 11.1. The van der Waals surface area contributed by atoms with E-state index in [0.717, 1.165) is 22.5 Å². The molecule has 35 heavy (non-hydrogen) atoms. The van der Waals surface area contributed by atoms with Crippen molar-refractivity contribution < 1.29 is 18.7 Å². The van der Waals surface area contributed by atoms with Crippen LogP contribution in [-0.4, -0.2) is 34.8 Å². The predicted molar refractivity (Wildman–Crippen MR) is 139 cm³/mol. The Labute approximate surface area is 213 Å². The lowest BCUT2D eigenvalue weighted by Crippen LogP contribution is -2.15. The molecule has 2 aromatic heterocycles. The number of halogens is 2. The quantitative estimate of drug-likeness (QED) is 0.266. The summed E-state index contributed by atoms with van der Waals surface area (Å²) in [5.74, 6) is -1.47. The molecule has 0 saturated heterocycles. The second-order valence-electron chi connectivity index (χ2n) is 7.02. The van der Waals surface area contributed by atoms with Crippen molar-refractivity contribution in [2.75, 3.05) is 19.0 Å². The number of hydrogen-bond acceptors (Lipinski definition) is 7. The minimum atomic E-state index is -0.745. The number of ether oxygens (including phenoxy) is 2. The van der Waals surface area contributed by atoms with Crippen molar-refractivity contribution in [1.29, 1.82) is 0 Å². The highest BCUT2D eigenvalue weighted by molar-refractivity contribution is 7.17. The van der Waals surface area contributed by atoms with E-state index in [2.05, 4.69) is 27.1 Å². The molecule has 0 atom stereocenters.